The Morgan fingerprint density at radius 1 is 1.31 bits per heavy atom. The van der Waals surface area contributed by atoms with Crippen LogP contribution in [0.2, 0.25) is 0 Å². The van der Waals surface area contributed by atoms with Gasteiger partial charge in [-0.05, 0) is 23.5 Å². The van der Waals surface area contributed by atoms with Gasteiger partial charge in [-0.25, -0.2) is 4.98 Å². The van der Waals surface area contributed by atoms with E-state index in [-0.39, 0.29) is 5.41 Å². The van der Waals surface area contributed by atoms with Crippen molar-refractivity contribution in [2.45, 2.75) is 32.6 Å². The first-order chi connectivity index (χ1) is 7.53. The van der Waals surface area contributed by atoms with Crippen LogP contribution in [0.3, 0.4) is 0 Å². The molecule has 2 heterocycles. The Morgan fingerprint density at radius 3 is 2.62 bits per heavy atom. The van der Waals surface area contributed by atoms with Gasteiger partial charge in [-0.2, -0.15) is 0 Å². The standard InChI is InChI=1S/C13H19N3/c1-5-13(2,3)11-6-7-16(8-11)12-9-15(4)10-14-12/h6-10H,5H2,1-4H3. The molecule has 0 fully saturated rings. The number of nitrogens with zero attached hydrogens (tertiary/aromatic N) is 3. The number of aromatic nitrogens is 3. The van der Waals surface area contributed by atoms with Crippen LogP contribution >= 0.6 is 0 Å². The molecule has 0 aliphatic heterocycles. The third-order valence-electron chi connectivity index (χ3n) is 3.31. The average Bonchev–Trinajstić information content (AvgIpc) is 2.85. The lowest BCUT2D eigenvalue weighted by molar-refractivity contribution is 0.506. The lowest BCUT2D eigenvalue weighted by atomic mass is 9.84. The van der Waals surface area contributed by atoms with E-state index >= 15 is 0 Å². The van der Waals surface area contributed by atoms with Crippen LogP contribution in [0, 0.1) is 0 Å². The third kappa shape index (κ3) is 1.90. The zero-order valence-electron chi connectivity index (χ0n) is 10.4. The van der Waals surface area contributed by atoms with E-state index in [2.05, 4.69) is 48.8 Å². The van der Waals surface area contributed by atoms with Gasteiger partial charge in [0.05, 0.1) is 6.33 Å². The Morgan fingerprint density at radius 2 is 2.06 bits per heavy atom. The van der Waals surface area contributed by atoms with Crippen molar-refractivity contribution in [2.24, 2.45) is 7.05 Å². The molecule has 86 valence electrons. The summed E-state index contributed by atoms with van der Waals surface area (Å²) in [4.78, 5) is 4.33. The van der Waals surface area contributed by atoms with Crippen LogP contribution in [0.15, 0.2) is 31.0 Å². The summed E-state index contributed by atoms with van der Waals surface area (Å²) in [6, 6.07) is 2.18. The van der Waals surface area contributed by atoms with Crippen molar-refractivity contribution in [3.63, 3.8) is 0 Å². The minimum absolute atomic E-state index is 0.236. The largest absolute Gasteiger partial charge is 0.338 e. The number of imidazole rings is 1. The maximum Gasteiger partial charge on any atom is 0.154 e. The van der Waals surface area contributed by atoms with Crippen molar-refractivity contribution in [3.8, 4) is 5.82 Å². The molecule has 0 N–H and O–H groups in total. The van der Waals surface area contributed by atoms with Crippen molar-refractivity contribution in [1.29, 1.82) is 0 Å². The minimum Gasteiger partial charge on any atom is -0.338 e. The van der Waals surface area contributed by atoms with Gasteiger partial charge >= 0.3 is 0 Å². The van der Waals surface area contributed by atoms with Gasteiger partial charge in [0.25, 0.3) is 0 Å². The van der Waals surface area contributed by atoms with E-state index in [1.165, 1.54) is 5.56 Å². The molecular weight excluding hydrogens is 198 g/mol. The first-order valence-electron chi connectivity index (χ1n) is 5.70. The predicted molar refractivity (Wildman–Crippen MR) is 65.9 cm³/mol. The Bertz CT molecular complexity index is 477. The fourth-order valence-electron chi connectivity index (χ4n) is 1.68. The molecule has 0 saturated carbocycles. The number of rotatable bonds is 3. The average molecular weight is 217 g/mol. The Labute approximate surface area is 96.7 Å². The van der Waals surface area contributed by atoms with Crippen LogP contribution < -0.4 is 0 Å². The quantitative estimate of drug-likeness (QED) is 0.775. The Kier molecular flexibility index (Phi) is 2.62. The van der Waals surface area contributed by atoms with Gasteiger partial charge < -0.3 is 9.13 Å². The normalized spacial score (nSPS) is 12.0. The zero-order chi connectivity index (χ0) is 11.8. The molecule has 0 aliphatic rings. The van der Waals surface area contributed by atoms with E-state index in [0.717, 1.165) is 12.2 Å². The second-order valence-electron chi connectivity index (χ2n) is 4.94. The van der Waals surface area contributed by atoms with Crippen LogP contribution in [0.25, 0.3) is 5.82 Å². The maximum absolute atomic E-state index is 4.33. The van der Waals surface area contributed by atoms with Gasteiger partial charge in [-0.1, -0.05) is 20.8 Å². The van der Waals surface area contributed by atoms with E-state index < -0.39 is 0 Å². The smallest absolute Gasteiger partial charge is 0.154 e. The summed E-state index contributed by atoms with van der Waals surface area (Å²) in [7, 11) is 1.98. The molecule has 0 spiro atoms. The second kappa shape index (κ2) is 3.81. The zero-order valence-corrected chi connectivity index (χ0v) is 10.4. The lowest BCUT2D eigenvalue weighted by Crippen LogP contribution is -2.14. The minimum atomic E-state index is 0.236. The van der Waals surface area contributed by atoms with Crippen LogP contribution in [0.4, 0.5) is 0 Å². The number of hydrogen-bond acceptors (Lipinski definition) is 1. The maximum atomic E-state index is 4.33. The molecule has 0 saturated heterocycles. The van der Waals surface area contributed by atoms with Crippen LogP contribution in [-0.2, 0) is 12.5 Å². The third-order valence-corrected chi connectivity index (χ3v) is 3.31. The first kappa shape index (κ1) is 11.0. The molecule has 0 atom stereocenters. The Hall–Kier alpha value is -1.51. The SMILES string of the molecule is CCC(C)(C)c1ccn(-c2cn(C)cn2)c1. The summed E-state index contributed by atoms with van der Waals surface area (Å²) in [5, 5.41) is 0. The van der Waals surface area contributed by atoms with Gasteiger partial charge in [0.2, 0.25) is 0 Å². The summed E-state index contributed by atoms with van der Waals surface area (Å²) < 4.78 is 4.03. The highest BCUT2D eigenvalue weighted by atomic mass is 15.1. The van der Waals surface area contributed by atoms with E-state index in [1.54, 1.807) is 0 Å². The molecule has 0 aliphatic carbocycles. The van der Waals surface area contributed by atoms with Crippen LogP contribution in [0.1, 0.15) is 32.8 Å². The monoisotopic (exact) mass is 217 g/mol. The number of aryl methyl sites for hydroxylation is 1. The fourth-order valence-corrected chi connectivity index (χ4v) is 1.68. The Balaban J connectivity index is 2.33. The molecule has 2 aromatic rings. The van der Waals surface area contributed by atoms with E-state index in [4.69, 9.17) is 0 Å². The van der Waals surface area contributed by atoms with Crippen molar-refractivity contribution in [2.75, 3.05) is 0 Å². The molecule has 3 nitrogen and oxygen atoms in total. The molecule has 0 unspecified atom stereocenters. The van der Waals surface area contributed by atoms with E-state index in [1.807, 2.05) is 24.1 Å². The molecule has 16 heavy (non-hydrogen) atoms. The van der Waals surface area contributed by atoms with Gasteiger partial charge in [0.15, 0.2) is 5.82 Å². The summed E-state index contributed by atoms with van der Waals surface area (Å²) >= 11 is 0. The van der Waals surface area contributed by atoms with Gasteiger partial charge in [-0.3, -0.25) is 0 Å². The number of hydrogen-bond donors (Lipinski definition) is 0. The summed E-state index contributed by atoms with van der Waals surface area (Å²) in [5.74, 6) is 0.973. The highest BCUT2D eigenvalue weighted by Gasteiger charge is 2.19. The molecule has 2 aromatic heterocycles. The molecule has 0 radical (unpaired) electrons. The summed E-state index contributed by atoms with van der Waals surface area (Å²) in [5.41, 5.74) is 1.60. The van der Waals surface area contributed by atoms with E-state index in [9.17, 15) is 0 Å². The van der Waals surface area contributed by atoms with Crippen LogP contribution in [-0.4, -0.2) is 14.1 Å². The van der Waals surface area contributed by atoms with Crippen molar-refractivity contribution >= 4 is 0 Å². The molecule has 0 aromatic carbocycles. The molecule has 0 bridgehead atoms. The van der Waals surface area contributed by atoms with Crippen molar-refractivity contribution in [1.82, 2.24) is 14.1 Å². The summed E-state index contributed by atoms with van der Waals surface area (Å²) in [6.45, 7) is 6.76. The van der Waals surface area contributed by atoms with Crippen molar-refractivity contribution in [3.05, 3.63) is 36.5 Å². The topological polar surface area (TPSA) is 22.8 Å². The lowest BCUT2D eigenvalue weighted by Gasteiger charge is -2.20. The van der Waals surface area contributed by atoms with E-state index in [0.29, 0.717) is 0 Å². The van der Waals surface area contributed by atoms with Crippen molar-refractivity contribution < 1.29 is 0 Å². The van der Waals surface area contributed by atoms with Gasteiger partial charge in [0, 0.05) is 25.6 Å². The first-order valence-corrected chi connectivity index (χ1v) is 5.70. The molecular formula is C13H19N3. The van der Waals surface area contributed by atoms with Gasteiger partial charge in [-0.15, -0.1) is 0 Å². The predicted octanol–water partition coefficient (Wildman–Crippen LogP) is 2.90. The van der Waals surface area contributed by atoms with Crippen LogP contribution in [0.5, 0.6) is 0 Å². The molecule has 0 amide bonds. The highest BCUT2D eigenvalue weighted by Crippen LogP contribution is 2.27. The summed E-state index contributed by atoms with van der Waals surface area (Å²) in [6.07, 6.45) is 9.23. The highest BCUT2D eigenvalue weighted by molar-refractivity contribution is 5.28. The van der Waals surface area contributed by atoms with Gasteiger partial charge in [0.1, 0.15) is 0 Å². The fraction of sp³-hybridized carbons (Fsp3) is 0.462. The second-order valence-corrected chi connectivity index (χ2v) is 4.94. The molecule has 2 rings (SSSR count). The molecule has 3 heteroatoms.